The van der Waals surface area contributed by atoms with E-state index in [0.29, 0.717) is 12.2 Å². The van der Waals surface area contributed by atoms with Gasteiger partial charge in [0.1, 0.15) is 17.4 Å². The van der Waals surface area contributed by atoms with Gasteiger partial charge in [0, 0.05) is 0 Å². The van der Waals surface area contributed by atoms with Crippen LogP contribution >= 0.6 is 0 Å². The van der Waals surface area contributed by atoms with Crippen LogP contribution in [0, 0.1) is 11.3 Å². The number of nitrogens with zero attached hydrogens (tertiary/aromatic N) is 1. The van der Waals surface area contributed by atoms with E-state index >= 15 is 0 Å². The van der Waals surface area contributed by atoms with Crippen molar-refractivity contribution in [2.75, 3.05) is 7.11 Å². The van der Waals surface area contributed by atoms with Crippen LogP contribution in [-0.2, 0) is 6.42 Å². The lowest BCUT2D eigenvalue weighted by atomic mass is 10.0. The summed E-state index contributed by atoms with van der Waals surface area (Å²) in [5, 5.41) is 17.8. The summed E-state index contributed by atoms with van der Waals surface area (Å²) in [5.74, 6) is -0.757. The molecule has 0 aliphatic rings. The van der Waals surface area contributed by atoms with Crippen molar-refractivity contribution < 1.29 is 14.6 Å². The molecule has 0 unspecified atom stereocenters. The van der Waals surface area contributed by atoms with Crippen LogP contribution in [0.3, 0.4) is 0 Å². The van der Waals surface area contributed by atoms with Crippen molar-refractivity contribution in [2.45, 2.75) is 13.3 Å². The molecular weight excluding hydrogens is 194 g/mol. The molecule has 0 aliphatic carbocycles. The topological polar surface area (TPSA) is 70.3 Å². The summed E-state index contributed by atoms with van der Waals surface area (Å²) in [4.78, 5) is 10.8. The highest BCUT2D eigenvalue weighted by molar-refractivity contribution is 5.91. The van der Waals surface area contributed by atoms with Gasteiger partial charge in [0.05, 0.1) is 12.7 Å². The van der Waals surface area contributed by atoms with Crippen LogP contribution in [0.15, 0.2) is 12.1 Å². The molecule has 4 nitrogen and oxygen atoms in total. The molecule has 0 atom stereocenters. The molecule has 1 aromatic rings. The standard InChI is InChI=1S/C11H11NO3/c1-3-7-4-5-8(11(13)14)9(6-12)10(7)15-2/h4-5H,3H2,1-2H3,(H,13,14). The van der Waals surface area contributed by atoms with Gasteiger partial charge in [0.2, 0.25) is 0 Å². The van der Waals surface area contributed by atoms with Gasteiger partial charge in [-0.3, -0.25) is 0 Å². The Hall–Kier alpha value is -2.02. The van der Waals surface area contributed by atoms with Gasteiger partial charge in [-0.2, -0.15) is 5.26 Å². The van der Waals surface area contributed by atoms with E-state index in [0.717, 1.165) is 5.56 Å². The van der Waals surface area contributed by atoms with Crippen molar-refractivity contribution in [3.05, 3.63) is 28.8 Å². The monoisotopic (exact) mass is 205 g/mol. The van der Waals surface area contributed by atoms with Crippen LogP contribution in [0.1, 0.15) is 28.4 Å². The molecular formula is C11H11NO3. The summed E-state index contributed by atoms with van der Waals surface area (Å²) in [5.41, 5.74) is 0.898. The number of rotatable bonds is 3. The van der Waals surface area contributed by atoms with Gasteiger partial charge < -0.3 is 9.84 Å². The minimum atomic E-state index is -1.12. The summed E-state index contributed by atoms with van der Waals surface area (Å²) in [6.07, 6.45) is 0.692. The number of methoxy groups -OCH3 is 1. The second-order valence-electron chi connectivity index (χ2n) is 2.95. The lowest BCUT2D eigenvalue weighted by molar-refractivity contribution is 0.0696. The van der Waals surface area contributed by atoms with Gasteiger partial charge in [0.15, 0.2) is 0 Å². The van der Waals surface area contributed by atoms with E-state index in [9.17, 15) is 4.79 Å². The zero-order valence-corrected chi connectivity index (χ0v) is 8.57. The number of nitriles is 1. The molecule has 0 heterocycles. The SMILES string of the molecule is CCc1ccc(C(=O)O)c(C#N)c1OC. The molecule has 0 amide bonds. The Labute approximate surface area is 87.7 Å². The average Bonchev–Trinajstić information content (AvgIpc) is 2.26. The zero-order valence-electron chi connectivity index (χ0n) is 8.57. The maximum absolute atomic E-state index is 10.8. The molecule has 1 aromatic carbocycles. The van der Waals surface area contributed by atoms with Gasteiger partial charge in [0.25, 0.3) is 0 Å². The third-order valence-electron chi connectivity index (χ3n) is 2.17. The number of aryl methyl sites for hydroxylation is 1. The fraction of sp³-hybridized carbons (Fsp3) is 0.273. The largest absolute Gasteiger partial charge is 0.495 e. The van der Waals surface area contributed by atoms with Crippen molar-refractivity contribution in [3.63, 3.8) is 0 Å². The molecule has 15 heavy (non-hydrogen) atoms. The van der Waals surface area contributed by atoms with E-state index in [-0.39, 0.29) is 11.1 Å². The van der Waals surface area contributed by atoms with Crippen LogP contribution in [0.25, 0.3) is 0 Å². The Morgan fingerprint density at radius 3 is 2.67 bits per heavy atom. The average molecular weight is 205 g/mol. The minimum Gasteiger partial charge on any atom is -0.495 e. The quantitative estimate of drug-likeness (QED) is 0.817. The van der Waals surface area contributed by atoms with E-state index < -0.39 is 5.97 Å². The van der Waals surface area contributed by atoms with Gasteiger partial charge in [-0.05, 0) is 18.1 Å². The van der Waals surface area contributed by atoms with Gasteiger partial charge in [-0.25, -0.2) is 4.79 Å². The molecule has 1 N–H and O–H groups in total. The molecule has 78 valence electrons. The number of hydrogen-bond donors (Lipinski definition) is 1. The minimum absolute atomic E-state index is 0.0217. The third kappa shape index (κ3) is 1.91. The lowest BCUT2D eigenvalue weighted by Crippen LogP contribution is -2.04. The highest BCUT2D eigenvalue weighted by atomic mass is 16.5. The lowest BCUT2D eigenvalue weighted by Gasteiger charge is -2.10. The molecule has 0 saturated heterocycles. The maximum Gasteiger partial charge on any atom is 0.337 e. The molecule has 0 aromatic heterocycles. The Morgan fingerprint density at radius 1 is 1.60 bits per heavy atom. The fourth-order valence-electron chi connectivity index (χ4n) is 1.43. The number of carbonyl (C=O) groups is 1. The summed E-state index contributed by atoms with van der Waals surface area (Å²) in [6.45, 7) is 1.92. The molecule has 0 bridgehead atoms. The first-order valence-corrected chi connectivity index (χ1v) is 4.49. The van der Waals surface area contributed by atoms with Gasteiger partial charge in [-0.1, -0.05) is 13.0 Å². The first kappa shape index (κ1) is 11.1. The Bertz CT molecular complexity index is 432. The molecule has 0 radical (unpaired) electrons. The first-order chi connectivity index (χ1) is 7.15. The first-order valence-electron chi connectivity index (χ1n) is 4.49. The smallest absolute Gasteiger partial charge is 0.337 e. The third-order valence-corrected chi connectivity index (χ3v) is 2.17. The normalized spacial score (nSPS) is 9.40. The predicted octanol–water partition coefficient (Wildman–Crippen LogP) is 1.83. The second kappa shape index (κ2) is 4.47. The highest BCUT2D eigenvalue weighted by Gasteiger charge is 2.17. The molecule has 4 heteroatoms. The summed E-state index contributed by atoms with van der Waals surface area (Å²) >= 11 is 0. The molecule has 0 fully saturated rings. The molecule has 1 rings (SSSR count). The zero-order chi connectivity index (χ0) is 11.4. The fourth-order valence-corrected chi connectivity index (χ4v) is 1.43. The van der Waals surface area contributed by atoms with Gasteiger partial charge in [-0.15, -0.1) is 0 Å². The van der Waals surface area contributed by atoms with Crippen molar-refractivity contribution in [3.8, 4) is 11.8 Å². The maximum atomic E-state index is 10.8. The van der Waals surface area contributed by atoms with Crippen molar-refractivity contribution in [1.82, 2.24) is 0 Å². The van der Waals surface area contributed by atoms with E-state index in [2.05, 4.69) is 0 Å². The van der Waals surface area contributed by atoms with Crippen LogP contribution in [0.5, 0.6) is 5.75 Å². The summed E-state index contributed by atoms with van der Waals surface area (Å²) in [6, 6.07) is 4.97. The number of hydrogen-bond acceptors (Lipinski definition) is 3. The number of aromatic carboxylic acids is 1. The van der Waals surface area contributed by atoms with Crippen LogP contribution in [-0.4, -0.2) is 18.2 Å². The number of carboxylic acid groups (broad SMARTS) is 1. The van der Waals surface area contributed by atoms with Crippen molar-refractivity contribution in [2.24, 2.45) is 0 Å². The van der Waals surface area contributed by atoms with E-state index in [1.54, 1.807) is 6.07 Å². The number of benzene rings is 1. The van der Waals surface area contributed by atoms with Crippen LogP contribution < -0.4 is 4.74 Å². The van der Waals surface area contributed by atoms with E-state index in [1.807, 2.05) is 13.0 Å². The molecule has 0 spiro atoms. The number of carboxylic acids is 1. The Balaban J connectivity index is 3.50. The van der Waals surface area contributed by atoms with Gasteiger partial charge >= 0.3 is 5.97 Å². The Morgan fingerprint density at radius 2 is 2.27 bits per heavy atom. The van der Waals surface area contributed by atoms with E-state index in [4.69, 9.17) is 15.1 Å². The van der Waals surface area contributed by atoms with Crippen LogP contribution in [0.4, 0.5) is 0 Å². The van der Waals surface area contributed by atoms with Crippen molar-refractivity contribution >= 4 is 5.97 Å². The van der Waals surface area contributed by atoms with E-state index in [1.165, 1.54) is 13.2 Å². The molecule has 0 saturated carbocycles. The highest BCUT2D eigenvalue weighted by Crippen LogP contribution is 2.27. The summed E-state index contributed by atoms with van der Waals surface area (Å²) in [7, 11) is 1.43. The second-order valence-corrected chi connectivity index (χ2v) is 2.95. The number of ether oxygens (including phenoxy) is 1. The molecule has 0 aliphatic heterocycles. The predicted molar refractivity (Wildman–Crippen MR) is 54.0 cm³/mol. The van der Waals surface area contributed by atoms with Crippen LogP contribution in [0.2, 0.25) is 0 Å². The summed E-state index contributed by atoms with van der Waals surface area (Å²) < 4.78 is 5.06. The Kier molecular flexibility index (Phi) is 3.29. The van der Waals surface area contributed by atoms with Crippen molar-refractivity contribution in [1.29, 1.82) is 5.26 Å².